The minimum absolute atomic E-state index is 0.0246. The van der Waals surface area contributed by atoms with Crippen molar-refractivity contribution in [1.29, 1.82) is 0 Å². The highest BCUT2D eigenvalue weighted by Gasteiger charge is 2.40. The Labute approximate surface area is 419 Å². The van der Waals surface area contributed by atoms with Gasteiger partial charge in [0, 0.05) is 21.7 Å². The lowest BCUT2D eigenvalue weighted by Crippen LogP contribution is -2.16. The molecule has 71 heavy (non-hydrogen) atoms. The van der Waals surface area contributed by atoms with E-state index >= 15 is 0 Å². The predicted molar refractivity (Wildman–Crippen MR) is 301 cm³/mol. The van der Waals surface area contributed by atoms with Gasteiger partial charge in [0.2, 0.25) is 0 Å². The molecule has 0 aromatic heterocycles. The minimum atomic E-state index is -0.154. The fraction of sp³-hybridized carbons (Fsp3) is 0.183. The first kappa shape index (κ1) is 42.3. The standard InChI is InChI=1S/C71H58/c1-41-50-15-11-10-14-42(50)18-26-51(41)49-25-33-59-58-32-24-48(39-66(58)71(8,9)67(59)40-49)47-23-31-57-56-30-22-46(37-64(56)70(6,7)65(57)38-47)45-21-29-55-54-28-20-44(35-62(54)69(4,5)63(55)36-45)43-19-27-53-52-16-12-13-17-60(52)68(2,3)61(53)34-43/h10-40H,1-9H3. The Hall–Kier alpha value is -7.54. The van der Waals surface area contributed by atoms with Gasteiger partial charge in [-0.05, 0) is 199 Å². The third-order valence-corrected chi connectivity index (χ3v) is 18.1. The van der Waals surface area contributed by atoms with E-state index in [9.17, 15) is 0 Å². The summed E-state index contributed by atoms with van der Waals surface area (Å²) in [7, 11) is 0. The molecule has 0 atom stereocenters. The van der Waals surface area contributed by atoms with Crippen LogP contribution in [0.3, 0.4) is 0 Å². The third-order valence-electron chi connectivity index (χ3n) is 18.1. The van der Waals surface area contributed by atoms with Crippen LogP contribution in [-0.2, 0) is 21.7 Å². The van der Waals surface area contributed by atoms with Crippen molar-refractivity contribution >= 4 is 10.8 Å². The van der Waals surface area contributed by atoms with Crippen LogP contribution in [0.15, 0.2) is 188 Å². The molecule has 0 radical (unpaired) electrons. The molecule has 10 aromatic rings. The van der Waals surface area contributed by atoms with Crippen molar-refractivity contribution in [3.05, 3.63) is 238 Å². The molecule has 14 rings (SSSR count). The molecule has 4 aliphatic carbocycles. The lowest BCUT2D eigenvalue weighted by molar-refractivity contribution is 0.659. The average molecular weight is 911 g/mol. The molecule has 0 spiro atoms. The summed E-state index contributed by atoms with van der Waals surface area (Å²) in [5.74, 6) is 0. The van der Waals surface area contributed by atoms with Crippen LogP contribution in [0.4, 0.5) is 0 Å². The summed E-state index contributed by atoms with van der Waals surface area (Å²) in [5.41, 5.74) is 33.3. The molecule has 0 N–H and O–H groups in total. The van der Waals surface area contributed by atoms with Crippen LogP contribution in [-0.4, -0.2) is 0 Å². The van der Waals surface area contributed by atoms with Gasteiger partial charge < -0.3 is 0 Å². The predicted octanol–water partition coefficient (Wildman–Crippen LogP) is 19.0. The molecule has 0 unspecified atom stereocenters. The first-order chi connectivity index (χ1) is 34.1. The van der Waals surface area contributed by atoms with E-state index in [2.05, 4.69) is 250 Å². The Balaban J connectivity index is 0.754. The van der Waals surface area contributed by atoms with Crippen molar-refractivity contribution in [2.45, 2.75) is 84.0 Å². The minimum Gasteiger partial charge on any atom is -0.0619 e. The third kappa shape index (κ3) is 5.80. The zero-order chi connectivity index (χ0) is 48.5. The molecule has 0 saturated carbocycles. The molecule has 0 aliphatic heterocycles. The maximum absolute atomic E-state index is 2.49. The van der Waals surface area contributed by atoms with Gasteiger partial charge in [-0.25, -0.2) is 0 Å². The van der Waals surface area contributed by atoms with Crippen LogP contribution < -0.4 is 0 Å². The number of aryl methyl sites for hydroxylation is 1. The quantitative estimate of drug-likeness (QED) is 0.165. The SMILES string of the molecule is Cc1c(-c2ccc3c(c2)C(C)(C)c2cc(-c4ccc5c(c4)C(C)(C)c4cc(-c6ccc7c(c6)C(C)(C)c6cc(-c8ccc9c(c8)C(C)(C)c8ccccc8-9)ccc6-7)ccc4-5)ccc2-3)ccc2ccccc12. The molecule has 0 nitrogen and oxygen atoms in total. The molecule has 0 bridgehead atoms. The number of benzene rings is 10. The molecule has 342 valence electrons. The number of hydrogen-bond donors (Lipinski definition) is 0. The van der Waals surface area contributed by atoms with Crippen LogP contribution in [0.25, 0.3) is 99.8 Å². The van der Waals surface area contributed by atoms with Crippen molar-refractivity contribution in [1.82, 2.24) is 0 Å². The lowest BCUT2D eigenvalue weighted by atomic mass is 9.79. The number of fused-ring (bicyclic) bond motifs is 13. The van der Waals surface area contributed by atoms with E-state index in [0.29, 0.717) is 0 Å². The highest BCUT2D eigenvalue weighted by molar-refractivity contribution is 5.94. The second kappa shape index (κ2) is 14.3. The van der Waals surface area contributed by atoms with Gasteiger partial charge in [0.05, 0.1) is 0 Å². The fourth-order valence-corrected chi connectivity index (χ4v) is 13.9. The van der Waals surface area contributed by atoms with Gasteiger partial charge in [-0.3, -0.25) is 0 Å². The van der Waals surface area contributed by atoms with Crippen LogP contribution in [0.5, 0.6) is 0 Å². The Morgan fingerprint density at radius 2 is 0.493 bits per heavy atom. The maximum Gasteiger partial charge on any atom is 0.0159 e. The molecular weight excluding hydrogens is 853 g/mol. The summed E-state index contributed by atoms with van der Waals surface area (Å²) in [6.07, 6.45) is 0. The van der Waals surface area contributed by atoms with Gasteiger partial charge in [-0.1, -0.05) is 201 Å². The van der Waals surface area contributed by atoms with Crippen molar-refractivity contribution < 1.29 is 0 Å². The summed E-state index contributed by atoms with van der Waals surface area (Å²) in [6, 6.07) is 72.6. The van der Waals surface area contributed by atoms with Gasteiger partial charge in [-0.15, -0.1) is 0 Å². The summed E-state index contributed by atoms with van der Waals surface area (Å²) in [6.45, 7) is 21.5. The topological polar surface area (TPSA) is 0 Å². The van der Waals surface area contributed by atoms with E-state index in [-0.39, 0.29) is 21.7 Å². The van der Waals surface area contributed by atoms with Crippen molar-refractivity contribution in [3.8, 4) is 89.0 Å². The van der Waals surface area contributed by atoms with Crippen molar-refractivity contribution in [2.24, 2.45) is 0 Å². The van der Waals surface area contributed by atoms with Crippen LogP contribution in [0, 0.1) is 6.92 Å². The summed E-state index contributed by atoms with van der Waals surface area (Å²) in [4.78, 5) is 0. The largest absolute Gasteiger partial charge is 0.0619 e. The molecular formula is C71H58. The van der Waals surface area contributed by atoms with Gasteiger partial charge in [-0.2, -0.15) is 0 Å². The van der Waals surface area contributed by atoms with Gasteiger partial charge in [0.1, 0.15) is 0 Å². The van der Waals surface area contributed by atoms with E-state index in [0.717, 1.165) is 0 Å². The molecule has 10 aromatic carbocycles. The van der Waals surface area contributed by atoms with Gasteiger partial charge in [0.15, 0.2) is 0 Å². The van der Waals surface area contributed by atoms with E-state index < -0.39 is 0 Å². The Morgan fingerprint density at radius 1 is 0.225 bits per heavy atom. The molecule has 0 heteroatoms. The summed E-state index contributed by atoms with van der Waals surface area (Å²) in [5, 5.41) is 2.62. The first-order valence-corrected chi connectivity index (χ1v) is 25.7. The second-order valence-corrected chi connectivity index (χ2v) is 23.3. The van der Waals surface area contributed by atoms with Gasteiger partial charge >= 0.3 is 0 Å². The monoisotopic (exact) mass is 910 g/mol. The zero-order valence-electron chi connectivity index (χ0n) is 42.4. The smallest absolute Gasteiger partial charge is 0.0159 e. The molecule has 0 heterocycles. The van der Waals surface area contributed by atoms with Crippen LogP contribution >= 0.6 is 0 Å². The van der Waals surface area contributed by atoms with Crippen molar-refractivity contribution in [2.75, 3.05) is 0 Å². The van der Waals surface area contributed by atoms with Gasteiger partial charge in [0.25, 0.3) is 0 Å². The van der Waals surface area contributed by atoms with E-state index in [1.54, 1.807) is 0 Å². The fourth-order valence-electron chi connectivity index (χ4n) is 13.9. The highest BCUT2D eigenvalue weighted by Crippen LogP contribution is 2.56. The van der Waals surface area contributed by atoms with Crippen LogP contribution in [0.1, 0.15) is 105 Å². The zero-order valence-corrected chi connectivity index (χ0v) is 42.4. The maximum atomic E-state index is 2.49. The normalized spacial score (nSPS) is 16.1. The highest BCUT2D eigenvalue weighted by atomic mass is 14.4. The second-order valence-electron chi connectivity index (χ2n) is 23.3. The van der Waals surface area contributed by atoms with Crippen molar-refractivity contribution in [3.63, 3.8) is 0 Å². The molecule has 0 saturated heterocycles. The Kier molecular flexibility index (Phi) is 8.53. The lowest BCUT2D eigenvalue weighted by Gasteiger charge is -2.24. The summed E-state index contributed by atoms with van der Waals surface area (Å²) < 4.78 is 0. The number of hydrogen-bond acceptors (Lipinski definition) is 0. The van der Waals surface area contributed by atoms with E-state index in [1.165, 1.54) is 150 Å². The van der Waals surface area contributed by atoms with Crippen LogP contribution in [0.2, 0.25) is 0 Å². The molecule has 0 amide bonds. The van der Waals surface area contributed by atoms with E-state index in [1.807, 2.05) is 0 Å². The number of rotatable bonds is 4. The first-order valence-electron chi connectivity index (χ1n) is 25.7. The Bertz CT molecular complexity index is 3990. The van der Waals surface area contributed by atoms with E-state index in [4.69, 9.17) is 0 Å². The Morgan fingerprint density at radius 3 is 0.873 bits per heavy atom. The molecule has 4 aliphatic rings. The summed E-state index contributed by atoms with van der Waals surface area (Å²) >= 11 is 0. The molecule has 0 fully saturated rings. The average Bonchev–Trinajstić information content (AvgIpc) is 3.95.